The van der Waals surface area contributed by atoms with Crippen molar-refractivity contribution in [2.24, 2.45) is 0 Å². The number of nitrogens with one attached hydrogen (secondary N) is 3. The SMILES string of the molecule is Cc1ccc(C)c(OCC(=O)NCCNC(=O)CNC(=O)c2ccccc2)c1C. The number of hydrogen-bond donors (Lipinski definition) is 3. The fraction of sp³-hybridized carbons (Fsp3) is 0.318. The topological polar surface area (TPSA) is 96.5 Å². The van der Waals surface area contributed by atoms with Crippen molar-refractivity contribution < 1.29 is 19.1 Å². The molecule has 3 amide bonds. The van der Waals surface area contributed by atoms with E-state index >= 15 is 0 Å². The molecule has 2 aromatic carbocycles. The molecule has 0 aliphatic carbocycles. The largest absolute Gasteiger partial charge is 0.483 e. The van der Waals surface area contributed by atoms with Crippen molar-refractivity contribution >= 4 is 17.7 Å². The number of carbonyl (C=O) groups is 3. The molecule has 2 aromatic rings. The molecule has 2 rings (SSSR count). The van der Waals surface area contributed by atoms with Crippen LogP contribution < -0.4 is 20.7 Å². The minimum absolute atomic E-state index is 0.0911. The van der Waals surface area contributed by atoms with Gasteiger partial charge in [0.15, 0.2) is 6.61 Å². The Morgan fingerprint density at radius 3 is 2.10 bits per heavy atom. The number of hydrogen-bond acceptors (Lipinski definition) is 4. The van der Waals surface area contributed by atoms with Gasteiger partial charge in [0, 0.05) is 18.7 Å². The lowest BCUT2D eigenvalue weighted by Crippen LogP contribution is -2.41. The Kier molecular flexibility index (Phi) is 8.21. The maximum atomic E-state index is 11.9. The monoisotopic (exact) mass is 397 g/mol. The van der Waals surface area contributed by atoms with E-state index in [0.29, 0.717) is 5.56 Å². The summed E-state index contributed by atoms with van der Waals surface area (Å²) in [6.45, 7) is 6.20. The van der Waals surface area contributed by atoms with Crippen LogP contribution in [0.5, 0.6) is 5.75 Å². The van der Waals surface area contributed by atoms with Gasteiger partial charge in [-0.3, -0.25) is 14.4 Å². The molecule has 0 bridgehead atoms. The second-order valence-corrected chi connectivity index (χ2v) is 6.69. The smallest absolute Gasteiger partial charge is 0.258 e. The summed E-state index contributed by atoms with van der Waals surface area (Å²) >= 11 is 0. The van der Waals surface area contributed by atoms with Gasteiger partial charge in [-0.15, -0.1) is 0 Å². The van der Waals surface area contributed by atoms with Gasteiger partial charge >= 0.3 is 0 Å². The van der Waals surface area contributed by atoms with E-state index in [1.165, 1.54) is 0 Å². The fourth-order valence-corrected chi connectivity index (χ4v) is 2.65. The van der Waals surface area contributed by atoms with Crippen LogP contribution in [0.1, 0.15) is 27.0 Å². The van der Waals surface area contributed by atoms with Crippen molar-refractivity contribution in [3.63, 3.8) is 0 Å². The number of benzene rings is 2. The van der Waals surface area contributed by atoms with Gasteiger partial charge in [-0.1, -0.05) is 30.3 Å². The van der Waals surface area contributed by atoms with Gasteiger partial charge in [0.25, 0.3) is 11.8 Å². The van der Waals surface area contributed by atoms with E-state index in [1.807, 2.05) is 39.0 Å². The molecule has 0 aromatic heterocycles. The Balaban J connectivity index is 1.62. The van der Waals surface area contributed by atoms with Crippen molar-refractivity contribution in [2.45, 2.75) is 20.8 Å². The summed E-state index contributed by atoms with van der Waals surface area (Å²) in [5, 5.41) is 7.87. The fourth-order valence-electron chi connectivity index (χ4n) is 2.65. The van der Waals surface area contributed by atoms with Crippen LogP contribution in [-0.2, 0) is 9.59 Å². The molecule has 0 aliphatic rings. The summed E-state index contributed by atoms with van der Waals surface area (Å²) in [5.74, 6) is -0.182. The summed E-state index contributed by atoms with van der Waals surface area (Å²) in [6, 6.07) is 12.6. The number of amides is 3. The molecule has 0 unspecified atom stereocenters. The summed E-state index contributed by atoms with van der Waals surface area (Å²) in [4.78, 5) is 35.6. The molecular formula is C22H27N3O4. The average Bonchev–Trinajstić information content (AvgIpc) is 2.72. The highest BCUT2D eigenvalue weighted by molar-refractivity contribution is 5.96. The van der Waals surface area contributed by atoms with Crippen LogP contribution in [0.4, 0.5) is 0 Å². The summed E-state index contributed by atoms with van der Waals surface area (Å²) in [6.07, 6.45) is 0. The van der Waals surface area contributed by atoms with E-state index in [0.717, 1.165) is 22.4 Å². The minimum atomic E-state index is -0.328. The van der Waals surface area contributed by atoms with E-state index in [9.17, 15) is 14.4 Å². The molecule has 154 valence electrons. The molecule has 3 N–H and O–H groups in total. The third kappa shape index (κ3) is 6.95. The molecular weight excluding hydrogens is 370 g/mol. The molecule has 29 heavy (non-hydrogen) atoms. The van der Waals surface area contributed by atoms with Gasteiger partial charge in [-0.2, -0.15) is 0 Å². The number of ether oxygens (including phenoxy) is 1. The standard InChI is InChI=1S/C22H27N3O4/c1-15-9-10-16(2)21(17(15)3)29-14-20(27)24-12-11-23-19(26)13-25-22(28)18-7-5-4-6-8-18/h4-10H,11-14H2,1-3H3,(H,23,26)(H,24,27)(H,25,28). The molecule has 0 atom stereocenters. The lowest BCUT2D eigenvalue weighted by molar-refractivity contribution is -0.123. The second-order valence-electron chi connectivity index (χ2n) is 6.69. The highest BCUT2D eigenvalue weighted by Gasteiger charge is 2.10. The quantitative estimate of drug-likeness (QED) is 0.561. The highest BCUT2D eigenvalue weighted by Crippen LogP contribution is 2.25. The maximum absolute atomic E-state index is 11.9. The zero-order valence-corrected chi connectivity index (χ0v) is 17.0. The summed E-state index contributed by atoms with van der Waals surface area (Å²) < 4.78 is 5.65. The lowest BCUT2D eigenvalue weighted by Gasteiger charge is -2.14. The van der Waals surface area contributed by atoms with Crippen molar-refractivity contribution in [3.8, 4) is 5.75 Å². The van der Waals surface area contributed by atoms with Crippen molar-refractivity contribution in [1.82, 2.24) is 16.0 Å². The zero-order chi connectivity index (χ0) is 21.2. The normalized spacial score (nSPS) is 10.2. The van der Waals surface area contributed by atoms with Crippen LogP contribution in [0.15, 0.2) is 42.5 Å². The second kappa shape index (κ2) is 10.8. The molecule has 0 radical (unpaired) electrons. The van der Waals surface area contributed by atoms with Crippen molar-refractivity contribution in [2.75, 3.05) is 26.2 Å². The molecule has 7 nitrogen and oxygen atoms in total. The molecule has 0 aliphatic heterocycles. The first-order chi connectivity index (χ1) is 13.9. The first-order valence-electron chi connectivity index (χ1n) is 9.44. The third-order valence-electron chi connectivity index (χ3n) is 4.44. The first kappa shape index (κ1) is 21.9. The molecule has 0 saturated carbocycles. The van der Waals surface area contributed by atoms with E-state index in [2.05, 4.69) is 16.0 Å². The van der Waals surface area contributed by atoms with Gasteiger partial charge in [0.05, 0.1) is 6.54 Å². The van der Waals surface area contributed by atoms with Gasteiger partial charge in [-0.05, 0) is 49.6 Å². The van der Waals surface area contributed by atoms with Crippen LogP contribution in [-0.4, -0.2) is 44.0 Å². The van der Waals surface area contributed by atoms with E-state index in [4.69, 9.17) is 4.74 Å². The maximum Gasteiger partial charge on any atom is 0.258 e. The molecule has 0 saturated heterocycles. The Labute approximate surface area is 170 Å². The van der Waals surface area contributed by atoms with E-state index in [1.54, 1.807) is 24.3 Å². The predicted octanol–water partition coefficient (Wildman–Crippen LogP) is 1.65. The first-order valence-corrected chi connectivity index (χ1v) is 9.44. The summed E-state index contributed by atoms with van der Waals surface area (Å²) in [7, 11) is 0. The van der Waals surface area contributed by atoms with Gasteiger partial charge in [-0.25, -0.2) is 0 Å². The zero-order valence-electron chi connectivity index (χ0n) is 17.0. The van der Waals surface area contributed by atoms with Crippen LogP contribution in [0.2, 0.25) is 0 Å². The molecule has 0 fully saturated rings. The third-order valence-corrected chi connectivity index (χ3v) is 4.44. The Morgan fingerprint density at radius 2 is 1.41 bits per heavy atom. The van der Waals surface area contributed by atoms with Gasteiger partial charge < -0.3 is 20.7 Å². The predicted molar refractivity (Wildman–Crippen MR) is 111 cm³/mol. The van der Waals surface area contributed by atoms with Gasteiger partial charge in [0.2, 0.25) is 5.91 Å². The Hall–Kier alpha value is -3.35. The van der Waals surface area contributed by atoms with Gasteiger partial charge in [0.1, 0.15) is 5.75 Å². The van der Waals surface area contributed by atoms with Crippen molar-refractivity contribution in [1.29, 1.82) is 0 Å². The molecule has 7 heteroatoms. The van der Waals surface area contributed by atoms with Crippen molar-refractivity contribution in [3.05, 3.63) is 64.7 Å². The summed E-state index contributed by atoms with van der Waals surface area (Å²) in [5.41, 5.74) is 3.59. The van der Waals surface area contributed by atoms with Crippen LogP contribution in [0, 0.1) is 20.8 Å². The Bertz CT molecular complexity index is 866. The van der Waals surface area contributed by atoms with Crippen LogP contribution in [0.3, 0.4) is 0 Å². The average molecular weight is 397 g/mol. The van der Waals surface area contributed by atoms with Crippen LogP contribution >= 0.6 is 0 Å². The minimum Gasteiger partial charge on any atom is -0.483 e. The molecule has 0 spiro atoms. The van der Waals surface area contributed by atoms with E-state index < -0.39 is 0 Å². The number of rotatable bonds is 9. The lowest BCUT2D eigenvalue weighted by atomic mass is 10.1. The van der Waals surface area contributed by atoms with Crippen LogP contribution in [0.25, 0.3) is 0 Å². The number of aryl methyl sites for hydroxylation is 2. The highest BCUT2D eigenvalue weighted by atomic mass is 16.5. The Morgan fingerprint density at radius 1 is 0.793 bits per heavy atom. The van der Waals surface area contributed by atoms with E-state index in [-0.39, 0.29) is 44.0 Å². The number of carbonyl (C=O) groups excluding carboxylic acids is 3. The molecule has 0 heterocycles.